The van der Waals surface area contributed by atoms with Gasteiger partial charge in [0, 0.05) is 7.05 Å². The second kappa shape index (κ2) is 4.86. The van der Waals surface area contributed by atoms with Gasteiger partial charge in [-0.25, -0.2) is 4.79 Å². The topological polar surface area (TPSA) is 75.8 Å². The third-order valence-corrected chi connectivity index (χ3v) is 3.46. The molecule has 0 fully saturated rings. The average molecular weight is 250 g/mol. The van der Waals surface area contributed by atoms with Crippen molar-refractivity contribution in [1.82, 2.24) is 0 Å². The molecule has 0 aliphatic carbocycles. The SMILES string of the molecule is CC1C(CCN)Oc2ccc(C(=O)O)cc2N1C. The van der Waals surface area contributed by atoms with E-state index >= 15 is 0 Å². The van der Waals surface area contributed by atoms with E-state index in [-0.39, 0.29) is 17.7 Å². The van der Waals surface area contributed by atoms with Crippen LogP contribution >= 0.6 is 0 Å². The number of likely N-dealkylation sites (N-methyl/N-ethyl adjacent to an activating group) is 1. The lowest BCUT2D eigenvalue weighted by atomic mass is 10.0. The first-order valence-corrected chi connectivity index (χ1v) is 6.01. The molecule has 2 atom stereocenters. The van der Waals surface area contributed by atoms with Gasteiger partial charge in [-0.05, 0) is 38.1 Å². The van der Waals surface area contributed by atoms with Crippen LogP contribution in [0.5, 0.6) is 5.75 Å². The average Bonchev–Trinajstić information content (AvgIpc) is 2.35. The van der Waals surface area contributed by atoms with E-state index in [0.717, 1.165) is 17.9 Å². The van der Waals surface area contributed by atoms with Crippen molar-refractivity contribution in [3.05, 3.63) is 23.8 Å². The first kappa shape index (κ1) is 12.7. The molecule has 2 unspecified atom stereocenters. The van der Waals surface area contributed by atoms with Crippen molar-refractivity contribution in [2.45, 2.75) is 25.5 Å². The Labute approximate surface area is 106 Å². The number of anilines is 1. The van der Waals surface area contributed by atoms with Gasteiger partial charge < -0.3 is 20.5 Å². The van der Waals surface area contributed by atoms with E-state index in [4.69, 9.17) is 15.6 Å². The fourth-order valence-electron chi connectivity index (χ4n) is 2.22. The highest BCUT2D eigenvalue weighted by molar-refractivity contribution is 5.89. The van der Waals surface area contributed by atoms with Crippen LogP contribution < -0.4 is 15.4 Å². The molecule has 0 spiro atoms. The molecule has 0 amide bonds. The van der Waals surface area contributed by atoms with Crippen LogP contribution in [0.25, 0.3) is 0 Å². The lowest BCUT2D eigenvalue weighted by molar-refractivity contribution is 0.0696. The molecule has 0 radical (unpaired) electrons. The van der Waals surface area contributed by atoms with Gasteiger partial charge in [-0.15, -0.1) is 0 Å². The Morgan fingerprint density at radius 3 is 2.89 bits per heavy atom. The van der Waals surface area contributed by atoms with Gasteiger partial charge in [-0.2, -0.15) is 0 Å². The number of rotatable bonds is 3. The van der Waals surface area contributed by atoms with E-state index in [2.05, 4.69) is 6.92 Å². The number of nitrogens with two attached hydrogens (primary N) is 1. The summed E-state index contributed by atoms with van der Waals surface area (Å²) in [6.07, 6.45) is 0.828. The van der Waals surface area contributed by atoms with Crippen molar-refractivity contribution in [3.63, 3.8) is 0 Å². The highest BCUT2D eigenvalue weighted by Gasteiger charge is 2.30. The number of ether oxygens (including phenoxy) is 1. The van der Waals surface area contributed by atoms with Gasteiger partial charge in [0.05, 0.1) is 17.3 Å². The van der Waals surface area contributed by atoms with Crippen molar-refractivity contribution < 1.29 is 14.6 Å². The van der Waals surface area contributed by atoms with Gasteiger partial charge in [0.1, 0.15) is 11.9 Å². The fraction of sp³-hybridized carbons (Fsp3) is 0.462. The zero-order valence-electron chi connectivity index (χ0n) is 10.6. The van der Waals surface area contributed by atoms with Gasteiger partial charge in [-0.1, -0.05) is 0 Å². The first-order chi connectivity index (χ1) is 8.54. The molecule has 1 aliphatic heterocycles. The highest BCUT2D eigenvalue weighted by atomic mass is 16.5. The number of hydrogen-bond donors (Lipinski definition) is 2. The first-order valence-electron chi connectivity index (χ1n) is 6.01. The Hall–Kier alpha value is -1.75. The van der Waals surface area contributed by atoms with Crippen molar-refractivity contribution in [1.29, 1.82) is 0 Å². The number of carbonyl (C=O) groups is 1. The molecule has 1 heterocycles. The molecule has 2 rings (SSSR count). The molecule has 5 nitrogen and oxygen atoms in total. The molecular formula is C13H18N2O3. The number of benzene rings is 1. The predicted octanol–water partition coefficient (Wildman–Crippen LogP) is 1.32. The molecule has 3 N–H and O–H groups in total. The third-order valence-electron chi connectivity index (χ3n) is 3.46. The Bertz CT molecular complexity index is 462. The normalized spacial score (nSPS) is 22.3. The number of hydrogen-bond acceptors (Lipinski definition) is 4. The van der Waals surface area contributed by atoms with E-state index in [0.29, 0.717) is 6.54 Å². The minimum absolute atomic E-state index is 0.0446. The maximum Gasteiger partial charge on any atom is 0.335 e. The highest BCUT2D eigenvalue weighted by Crippen LogP contribution is 2.36. The summed E-state index contributed by atoms with van der Waals surface area (Å²) in [5.41, 5.74) is 6.66. The molecular weight excluding hydrogens is 232 g/mol. The monoisotopic (exact) mass is 250 g/mol. The molecule has 1 aromatic rings. The molecule has 1 aliphatic rings. The second-order valence-corrected chi connectivity index (χ2v) is 4.57. The maximum absolute atomic E-state index is 11.0. The van der Waals surface area contributed by atoms with Gasteiger partial charge in [-0.3, -0.25) is 0 Å². The number of fused-ring (bicyclic) bond motifs is 1. The van der Waals surface area contributed by atoms with E-state index in [1.165, 1.54) is 0 Å². The van der Waals surface area contributed by atoms with Crippen molar-refractivity contribution in [3.8, 4) is 5.75 Å². The lowest BCUT2D eigenvalue weighted by Crippen LogP contribution is -2.46. The molecule has 0 aromatic heterocycles. The minimum atomic E-state index is -0.928. The Balaban J connectivity index is 2.36. The largest absolute Gasteiger partial charge is 0.486 e. The summed E-state index contributed by atoms with van der Waals surface area (Å²) in [4.78, 5) is 13.0. The predicted molar refractivity (Wildman–Crippen MR) is 69.4 cm³/mol. The maximum atomic E-state index is 11.0. The van der Waals surface area contributed by atoms with Crippen LogP contribution in [0.15, 0.2) is 18.2 Å². The Kier molecular flexibility index (Phi) is 3.43. The van der Waals surface area contributed by atoms with Gasteiger partial charge in [0.25, 0.3) is 0 Å². The van der Waals surface area contributed by atoms with Crippen LogP contribution in [0.4, 0.5) is 5.69 Å². The molecule has 0 bridgehead atoms. The molecule has 1 aromatic carbocycles. The zero-order chi connectivity index (χ0) is 13.3. The van der Waals surface area contributed by atoms with Crippen LogP contribution in [-0.4, -0.2) is 36.8 Å². The van der Waals surface area contributed by atoms with Crippen molar-refractivity contribution >= 4 is 11.7 Å². The molecule has 98 valence electrons. The van der Waals surface area contributed by atoms with E-state index < -0.39 is 5.97 Å². The van der Waals surface area contributed by atoms with E-state index in [9.17, 15) is 4.79 Å². The third kappa shape index (κ3) is 2.13. The van der Waals surface area contributed by atoms with E-state index in [1.807, 2.05) is 11.9 Å². The summed E-state index contributed by atoms with van der Waals surface area (Å²) in [5, 5.41) is 9.00. The molecule has 0 saturated carbocycles. The van der Waals surface area contributed by atoms with Crippen LogP contribution in [0.2, 0.25) is 0 Å². The number of carboxylic acid groups (broad SMARTS) is 1. The smallest absolute Gasteiger partial charge is 0.335 e. The quantitative estimate of drug-likeness (QED) is 0.846. The van der Waals surface area contributed by atoms with Gasteiger partial charge >= 0.3 is 5.97 Å². The number of nitrogens with zero attached hydrogens (tertiary/aromatic N) is 1. The van der Waals surface area contributed by atoms with Crippen LogP contribution in [-0.2, 0) is 0 Å². The van der Waals surface area contributed by atoms with Crippen LogP contribution in [0.3, 0.4) is 0 Å². The van der Waals surface area contributed by atoms with Crippen LogP contribution in [0.1, 0.15) is 23.7 Å². The lowest BCUT2D eigenvalue weighted by Gasteiger charge is -2.39. The summed E-state index contributed by atoms with van der Waals surface area (Å²) in [5.74, 6) is -0.206. The van der Waals surface area contributed by atoms with Crippen molar-refractivity contribution in [2.24, 2.45) is 5.73 Å². The molecule has 5 heteroatoms. The van der Waals surface area contributed by atoms with Crippen LogP contribution in [0, 0.1) is 0 Å². The van der Waals surface area contributed by atoms with Gasteiger partial charge in [0.15, 0.2) is 0 Å². The Morgan fingerprint density at radius 2 is 2.28 bits per heavy atom. The minimum Gasteiger partial charge on any atom is -0.486 e. The zero-order valence-corrected chi connectivity index (χ0v) is 10.6. The summed E-state index contributed by atoms with van der Waals surface area (Å²) in [7, 11) is 1.95. The summed E-state index contributed by atoms with van der Waals surface area (Å²) < 4.78 is 5.88. The second-order valence-electron chi connectivity index (χ2n) is 4.57. The van der Waals surface area contributed by atoms with E-state index in [1.54, 1.807) is 18.2 Å². The summed E-state index contributed by atoms with van der Waals surface area (Å²) >= 11 is 0. The number of carboxylic acids is 1. The Morgan fingerprint density at radius 1 is 1.56 bits per heavy atom. The fourth-order valence-corrected chi connectivity index (χ4v) is 2.22. The summed E-state index contributed by atoms with van der Waals surface area (Å²) in [6, 6.07) is 5.09. The van der Waals surface area contributed by atoms with Gasteiger partial charge in [0.2, 0.25) is 0 Å². The van der Waals surface area contributed by atoms with Crippen molar-refractivity contribution in [2.75, 3.05) is 18.5 Å². The molecule has 18 heavy (non-hydrogen) atoms. The molecule has 0 saturated heterocycles. The summed E-state index contributed by atoms with van der Waals surface area (Å²) in [6.45, 7) is 2.63. The number of aromatic carboxylic acids is 1. The standard InChI is InChI=1S/C13H18N2O3/c1-8-11(5-6-14)18-12-4-3-9(13(16)17)7-10(12)15(8)2/h3-4,7-8,11H,5-6,14H2,1-2H3,(H,16,17).